The largest absolute Gasteiger partial charge is 0.328 e. The maximum absolute atomic E-state index is 6.04. The molecule has 1 fully saturated rings. The highest BCUT2D eigenvalue weighted by molar-refractivity contribution is 6.42. The number of hydrazine groups is 1. The van der Waals surface area contributed by atoms with E-state index in [0.29, 0.717) is 16.1 Å². The van der Waals surface area contributed by atoms with Crippen molar-refractivity contribution in [2.45, 2.75) is 44.3 Å². The summed E-state index contributed by atoms with van der Waals surface area (Å²) in [6.45, 7) is 2.11. The van der Waals surface area contributed by atoms with Gasteiger partial charge in [0.25, 0.3) is 0 Å². The van der Waals surface area contributed by atoms with Gasteiger partial charge in [0.05, 0.1) is 10.0 Å². The quantitative estimate of drug-likeness (QED) is 0.798. The molecule has 4 N–H and O–H groups in total. The standard InChI is InChI=1S/C13H19Cl2N3/c1-2-9(16)6-10-7-13(18-17-10)8-3-4-11(14)12(15)5-8/h3-5,9-10,13,17-18H,2,6-7,16H2,1H3. The highest BCUT2D eigenvalue weighted by Crippen LogP contribution is 2.29. The number of halogens is 2. The fourth-order valence-electron chi connectivity index (χ4n) is 2.26. The summed E-state index contributed by atoms with van der Waals surface area (Å²) in [7, 11) is 0. The lowest BCUT2D eigenvalue weighted by molar-refractivity contribution is 0.460. The van der Waals surface area contributed by atoms with Crippen LogP contribution in [-0.2, 0) is 0 Å². The molecule has 0 aromatic heterocycles. The Labute approximate surface area is 118 Å². The van der Waals surface area contributed by atoms with Crippen LogP contribution in [0.1, 0.15) is 37.8 Å². The van der Waals surface area contributed by atoms with Crippen LogP contribution in [0.5, 0.6) is 0 Å². The fourth-order valence-corrected chi connectivity index (χ4v) is 2.56. The van der Waals surface area contributed by atoms with E-state index in [-0.39, 0.29) is 12.1 Å². The molecule has 3 atom stereocenters. The van der Waals surface area contributed by atoms with E-state index >= 15 is 0 Å². The minimum Gasteiger partial charge on any atom is -0.328 e. The van der Waals surface area contributed by atoms with Gasteiger partial charge in [-0.15, -0.1) is 0 Å². The molecule has 3 unspecified atom stereocenters. The Morgan fingerprint density at radius 2 is 2.11 bits per heavy atom. The number of nitrogens with two attached hydrogens (primary N) is 1. The van der Waals surface area contributed by atoms with Crippen molar-refractivity contribution >= 4 is 23.2 Å². The highest BCUT2D eigenvalue weighted by atomic mass is 35.5. The summed E-state index contributed by atoms with van der Waals surface area (Å²) in [6.07, 6.45) is 3.02. The summed E-state index contributed by atoms with van der Waals surface area (Å²) >= 11 is 12.0. The Balaban J connectivity index is 1.97. The van der Waals surface area contributed by atoms with Crippen LogP contribution in [-0.4, -0.2) is 12.1 Å². The lowest BCUT2D eigenvalue weighted by atomic mass is 9.98. The second-order valence-electron chi connectivity index (χ2n) is 4.85. The third-order valence-electron chi connectivity index (χ3n) is 3.44. The van der Waals surface area contributed by atoms with Crippen LogP contribution in [0.2, 0.25) is 10.0 Å². The first-order valence-electron chi connectivity index (χ1n) is 6.31. The van der Waals surface area contributed by atoms with Crippen molar-refractivity contribution in [3.05, 3.63) is 33.8 Å². The van der Waals surface area contributed by atoms with Gasteiger partial charge in [-0.1, -0.05) is 36.2 Å². The Morgan fingerprint density at radius 3 is 2.78 bits per heavy atom. The van der Waals surface area contributed by atoms with Crippen molar-refractivity contribution < 1.29 is 0 Å². The minimum absolute atomic E-state index is 0.261. The normalized spacial score (nSPS) is 25.3. The molecule has 0 bridgehead atoms. The zero-order chi connectivity index (χ0) is 13.1. The second-order valence-corrected chi connectivity index (χ2v) is 5.67. The smallest absolute Gasteiger partial charge is 0.0595 e. The van der Waals surface area contributed by atoms with Crippen molar-refractivity contribution in [1.82, 2.24) is 10.9 Å². The zero-order valence-electron chi connectivity index (χ0n) is 10.4. The summed E-state index contributed by atoms with van der Waals surface area (Å²) in [4.78, 5) is 0. The van der Waals surface area contributed by atoms with Crippen molar-refractivity contribution in [1.29, 1.82) is 0 Å². The maximum atomic E-state index is 6.04. The van der Waals surface area contributed by atoms with Gasteiger partial charge in [-0.05, 0) is 37.0 Å². The molecule has 1 aromatic rings. The predicted molar refractivity (Wildman–Crippen MR) is 76.8 cm³/mol. The molecule has 3 nitrogen and oxygen atoms in total. The molecule has 0 amide bonds. The minimum atomic E-state index is 0.261. The Morgan fingerprint density at radius 1 is 1.33 bits per heavy atom. The predicted octanol–water partition coefficient (Wildman–Crippen LogP) is 3.03. The molecule has 1 heterocycles. The van der Waals surface area contributed by atoms with E-state index in [2.05, 4.69) is 17.8 Å². The van der Waals surface area contributed by atoms with Crippen LogP contribution in [0.25, 0.3) is 0 Å². The van der Waals surface area contributed by atoms with Gasteiger partial charge in [0, 0.05) is 18.1 Å². The zero-order valence-corrected chi connectivity index (χ0v) is 11.9. The van der Waals surface area contributed by atoms with E-state index in [4.69, 9.17) is 28.9 Å². The van der Waals surface area contributed by atoms with Crippen LogP contribution in [0.3, 0.4) is 0 Å². The molecule has 0 saturated carbocycles. The molecule has 18 heavy (non-hydrogen) atoms. The lowest BCUT2D eigenvalue weighted by Gasteiger charge is -2.14. The molecule has 0 aliphatic carbocycles. The topological polar surface area (TPSA) is 50.1 Å². The van der Waals surface area contributed by atoms with E-state index < -0.39 is 0 Å². The summed E-state index contributed by atoms with van der Waals surface area (Å²) in [5.41, 5.74) is 13.7. The summed E-state index contributed by atoms with van der Waals surface area (Å²) in [5, 5.41) is 1.20. The van der Waals surface area contributed by atoms with Crippen molar-refractivity contribution in [3.63, 3.8) is 0 Å². The van der Waals surface area contributed by atoms with Crippen LogP contribution in [0, 0.1) is 0 Å². The molecule has 2 rings (SSSR count). The Hall–Kier alpha value is -0.320. The average molecular weight is 288 g/mol. The van der Waals surface area contributed by atoms with Gasteiger partial charge in [0.2, 0.25) is 0 Å². The molecular weight excluding hydrogens is 269 g/mol. The third-order valence-corrected chi connectivity index (χ3v) is 4.18. The van der Waals surface area contributed by atoms with E-state index in [0.717, 1.165) is 24.8 Å². The molecule has 100 valence electrons. The van der Waals surface area contributed by atoms with Gasteiger partial charge < -0.3 is 5.73 Å². The van der Waals surface area contributed by atoms with E-state index in [1.54, 1.807) is 0 Å². The monoisotopic (exact) mass is 287 g/mol. The van der Waals surface area contributed by atoms with Crippen molar-refractivity contribution in [2.24, 2.45) is 5.73 Å². The number of nitrogens with one attached hydrogen (secondary N) is 2. The first-order valence-corrected chi connectivity index (χ1v) is 7.07. The highest BCUT2D eigenvalue weighted by Gasteiger charge is 2.26. The maximum Gasteiger partial charge on any atom is 0.0595 e. The SMILES string of the molecule is CCC(N)CC1CC(c2ccc(Cl)c(Cl)c2)NN1. The van der Waals surface area contributed by atoms with Gasteiger partial charge >= 0.3 is 0 Å². The first kappa shape index (κ1) is 14.1. The average Bonchev–Trinajstić information content (AvgIpc) is 2.81. The second kappa shape index (κ2) is 6.22. The van der Waals surface area contributed by atoms with Crippen LogP contribution >= 0.6 is 23.2 Å². The van der Waals surface area contributed by atoms with Crippen molar-refractivity contribution in [3.8, 4) is 0 Å². The summed E-state index contributed by atoms with van der Waals surface area (Å²) in [5.74, 6) is 0. The van der Waals surface area contributed by atoms with Gasteiger partial charge in [-0.25, -0.2) is 0 Å². The number of hydrogen-bond donors (Lipinski definition) is 3. The van der Waals surface area contributed by atoms with E-state index in [9.17, 15) is 0 Å². The van der Waals surface area contributed by atoms with Gasteiger partial charge in [-0.3, -0.25) is 10.9 Å². The van der Waals surface area contributed by atoms with Gasteiger partial charge in [-0.2, -0.15) is 0 Å². The molecule has 1 aromatic carbocycles. The molecular formula is C13H19Cl2N3. The first-order chi connectivity index (χ1) is 8.60. The Bertz CT molecular complexity index is 411. The van der Waals surface area contributed by atoms with Gasteiger partial charge in [0.1, 0.15) is 0 Å². The molecule has 1 saturated heterocycles. The summed E-state index contributed by atoms with van der Waals surface area (Å²) < 4.78 is 0. The molecule has 0 spiro atoms. The van der Waals surface area contributed by atoms with E-state index in [1.165, 1.54) is 0 Å². The fraction of sp³-hybridized carbons (Fsp3) is 0.538. The molecule has 1 aliphatic rings. The van der Waals surface area contributed by atoms with Gasteiger partial charge in [0.15, 0.2) is 0 Å². The molecule has 1 aliphatic heterocycles. The molecule has 5 heteroatoms. The van der Waals surface area contributed by atoms with Crippen LogP contribution in [0.4, 0.5) is 0 Å². The Kier molecular flexibility index (Phi) is 4.87. The molecule has 0 radical (unpaired) electrons. The van der Waals surface area contributed by atoms with Crippen LogP contribution in [0.15, 0.2) is 18.2 Å². The lowest BCUT2D eigenvalue weighted by Crippen LogP contribution is -2.35. The summed E-state index contributed by atoms with van der Waals surface area (Å²) in [6, 6.07) is 6.72. The van der Waals surface area contributed by atoms with Crippen molar-refractivity contribution in [2.75, 3.05) is 0 Å². The number of benzene rings is 1. The van der Waals surface area contributed by atoms with E-state index in [1.807, 2.05) is 18.2 Å². The number of rotatable bonds is 4. The third kappa shape index (κ3) is 3.37. The number of hydrogen-bond acceptors (Lipinski definition) is 3. The van der Waals surface area contributed by atoms with Crippen LogP contribution < -0.4 is 16.6 Å².